The Morgan fingerprint density at radius 2 is 2.41 bits per heavy atom. The predicted molar refractivity (Wildman–Crippen MR) is 68.4 cm³/mol. The third kappa shape index (κ3) is 4.23. The molecular formula is C9H13N3O3S2. The summed E-state index contributed by atoms with van der Waals surface area (Å²) in [6, 6.07) is -0.891. The van der Waals surface area contributed by atoms with Crippen LogP contribution in [0.15, 0.2) is 5.38 Å². The van der Waals surface area contributed by atoms with Crippen LogP contribution in [0.1, 0.15) is 16.9 Å². The first-order valence-corrected chi connectivity index (χ1v) is 7.05. The predicted octanol–water partition coefficient (Wildman–Crippen LogP) is 0.661. The molecular weight excluding hydrogens is 262 g/mol. The molecule has 1 rings (SSSR count). The summed E-state index contributed by atoms with van der Waals surface area (Å²) in [6.45, 7) is 0. The van der Waals surface area contributed by atoms with E-state index in [1.54, 1.807) is 0 Å². The first-order valence-electron chi connectivity index (χ1n) is 4.78. The lowest BCUT2D eigenvalue weighted by Gasteiger charge is -2.12. The number of carbonyl (C=O) groups is 2. The molecule has 4 N–H and O–H groups in total. The molecule has 0 bridgehead atoms. The van der Waals surface area contributed by atoms with Crippen LogP contribution in [0.4, 0.5) is 5.13 Å². The number of thioether (sulfide) groups is 1. The monoisotopic (exact) mass is 275 g/mol. The zero-order valence-electron chi connectivity index (χ0n) is 9.17. The molecule has 1 aromatic heterocycles. The summed E-state index contributed by atoms with van der Waals surface area (Å²) in [5.74, 6) is -0.891. The van der Waals surface area contributed by atoms with E-state index in [1.165, 1.54) is 17.1 Å². The van der Waals surface area contributed by atoms with Crippen LogP contribution >= 0.6 is 23.1 Å². The maximum Gasteiger partial charge on any atom is 0.326 e. The van der Waals surface area contributed by atoms with Crippen LogP contribution < -0.4 is 11.1 Å². The molecule has 17 heavy (non-hydrogen) atoms. The lowest BCUT2D eigenvalue weighted by molar-refractivity contribution is -0.139. The molecule has 0 saturated heterocycles. The van der Waals surface area contributed by atoms with Crippen LogP contribution in [-0.4, -0.2) is 40.0 Å². The standard InChI is InChI=1S/C9H13N3O3S2/c1-16-3-2-5(8(14)15)11-7(13)6-4-17-9(10)12-6/h4-5H,2-3H2,1H3,(H2,10,12)(H,11,13)(H,14,15). The summed E-state index contributed by atoms with van der Waals surface area (Å²) < 4.78 is 0. The number of aromatic nitrogens is 1. The topological polar surface area (TPSA) is 105 Å². The highest BCUT2D eigenvalue weighted by molar-refractivity contribution is 7.98. The summed E-state index contributed by atoms with van der Waals surface area (Å²) in [4.78, 5) is 26.3. The van der Waals surface area contributed by atoms with Gasteiger partial charge in [-0.3, -0.25) is 4.79 Å². The summed E-state index contributed by atoms with van der Waals surface area (Å²) in [5.41, 5.74) is 5.55. The van der Waals surface area contributed by atoms with Gasteiger partial charge in [-0.1, -0.05) is 0 Å². The van der Waals surface area contributed by atoms with Crippen molar-refractivity contribution in [1.82, 2.24) is 10.3 Å². The Kier molecular flexibility index (Phi) is 5.23. The number of carboxylic acids is 1. The number of amides is 1. The van der Waals surface area contributed by atoms with Crippen molar-refractivity contribution < 1.29 is 14.7 Å². The van der Waals surface area contributed by atoms with E-state index in [-0.39, 0.29) is 10.8 Å². The number of hydrogen-bond acceptors (Lipinski definition) is 6. The number of carbonyl (C=O) groups excluding carboxylic acids is 1. The minimum Gasteiger partial charge on any atom is -0.480 e. The Bertz CT molecular complexity index is 408. The van der Waals surface area contributed by atoms with Crippen LogP contribution in [-0.2, 0) is 4.79 Å². The minimum atomic E-state index is -1.05. The number of nitrogen functional groups attached to an aromatic ring is 1. The van der Waals surface area contributed by atoms with E-state index in [0.29, 0.717) is 12.2 Å². The van der Waals surface area contributed by atoms with Gasteiger partial charge in [0.25, 0.3) is 5.91 Å². The summed E-state index contributed by atoms with van der Waals surface area (Å²) >= 11 is 2.67. The highest BCUT2D eigenvalue weighted by atomic mass is 32.2. The van der Waals surface area contributed by atoms with E-state index in [4.69, 9.17) is 10.8 Å². The molecule has 0 aromatic carbocycles. The van der Waals surface area contributed by atoms with E-state index in [1.807, 2.05) is 6.26 Å². The van der Waals surface area contributed by atoms with Crippen molar-refractivity contribution in [2.24, 2.45) is 0 Å². The van der Waals surface area contributed by atoms with E-state index in [0.717, 1.165) is 11.3 Å². The van der Waals surface area contributed by atoms with Crippen molar-refractivity contribution in [2.75, 3.05) is 17.7 Å². The van der Waals surface area contributed by atoms with Gasteiger partial charge in [-0.25, -0.2) is 9.78 Å². The molecule has 94 valence electrons. The normalized spacial score (nSPS) is 12.1. The van der Waals surface area contributed by atoms with Gasteiger partial charge in [0.1, 0.15) is 11.7 Å². The van der Waals surface area contributed by atoms with Gasteiger partial charge in [-0.2, -0.15) is 11.8 Å². The van der Waals surface area contributed by atoms with Gasteiger partial charge in [-0.05, 0) is 18.4 Å². The molecule has 8 heteroatoms. The summed E-state index contributed by atoms with van der Waals surface area (Å²) in [6.07, 6.45) is 2.25. The highest BCUT2D eigenvalue weighted by Crippen LogP contribution is 2.11. The number of carboxylic acid groups (broad SMARTS) is 1. The highest BCUT2D eigenvalue weighted by Gasteiger charge is 2.21. The number of nitrogens with two attached hydrogens (primary N) is 1. The second-order valence-corrected chi connectivity index (χ2v) is 5.09. The molecule has 0 aliphatic heterocycles. The van der Waals surface area contributed by atoms with Gasteiger partial charge in [0.05, 0.1) is 0 Å². The van der Waals surface area contributed by atoms with E-state index >= 15 is 0 Å². The Morgan fingerprint density at radius 1 is 1.71 bits per heavy atom. The first-order chi connectivity index (χ1) is 8.04. The molecule has 1 atom stereocenters. The lowest BCUT2D eigenvalue weighted by atomic mass is 10.2. The van der Waals surface area contributed by atoms with Gasteiger partial charge in [0, 0.05) is 5.38 Å². The van der Waals surface area contributed by atoms with Crippen LogP contribution in [0.25, 0.3) is 0 Å². The molecule has 0 spiro atoms. The fraction of sp³-hybridized carbons (Fsp3) is 0.444. The summed E-state index contributed by atoms with van der Waals surface area (Å²) in [7, 11) is 0. The van der Waals surface area contributed by atoms with Crippen LogP contribution in [0.3, 0.4) is 0 Å². The molecule has 1 unspecified atom stereocenters. The number of rotatable bonds is 6. The Morgan fingerprint density at radius 3 is 2.88 bits per heavy atom. The van der Waals surface area contributed by atoms with Crippen molar-refractivity contribution in [3.8, 4) is 0 Å². The number of anilines is 1. The third-order valence-electron chi connectivity index (χ3n) is 1.97. The molecule has 0 fully saturated rings. The van der Waals surface area contributed by atoms with Gasteiger partial charge >= 0.3 is 5.97 Å². The molecule has 0 radical (unpaired) electrons. The van der Waals surface area contributed by atoms with Crippen molar-refractivity contribution in [3.05, 3.63) is 11.1 Å². The number of aliphatic carboxylic acids is 1. The summed E-state index contributed by atoms with van der Waals surface area (Å²) in [5, 5.41) is 13.1. The van der Waals surface area contributed by atoms with Crippen LogP contribution in [0.2, 0.25) is 0 Å². The molecule has 1 heterocycles. The molecule has 0 aliphatic carbocycles. The third-order valence-corrected chi connectivity index (χ3v) is 3.29. The van der Waals surface area contributed by atoms with Gasteiger partial charge in [-0.15, -0.1) is 11.3 Å². The van der Waals surface area contributed by atoms with Crippen molar-refractivity contribution in [2.45, 2.75) is 12.5 Å². The fourth-order valence-electron chi connectivity index (χ4n) is 1.12. The zero-order valence-corrected chi connectivity index (χ0v) is 10.8. The number of nitrogens with one attached hydrogen (secondary N) is 1. The van der Waals surface area contributed by atoms with Gasteiger partial charge in [0.2, 0.25) is 0 Å². The maximum atomic E-state index is 11.6. The van der Waals surface area contributed by atoms with Crippen molar-refractivity contribution in [1.29, 1.82) is 0 Å². The number of nitrogens with zero attached hydrogens (tertiary/aromatic N) is 1. The average molecular weight is 275 g/mol. The number of hydrogen-bond donors (Lipinski definition) is 3. The largest absolute Gasteiger partial charge is 0.480 e. The molecule has 1 amide bonds. The second kappa shape index (κ2) is 6.45. The average Bonchev–Trinajstić information content (AvgIpc) is 2.70. The number of thiazole rings is 1. The van der Waals surface area contributed by atoms with E-state index < -0.39 is 17.9 Å². The zero-order chi connectivity index (χ0) is 12.8. The van der Waals surface area contributed by atoms with Crippen LogP contribution in [0.5, 0.6) is 0 Å². The Hall–Kier alpha value is -1.28. The quantitative estimate of drug-likeness (QED) is 0.704. The SMILES string of the molecule is CSCCC(NC(=O)c1csc(N)n1)C(=O)O. The first kappa shape index (κ1) is 13.8. The maximum absolute atomic E-state index is 11.6. The Labute approximate surface area is 107 Å². The second-order valence-electron chi connectivity index (χ2n) is 3.22. The van der Waals surface area contributed by atoms with Crippen molar-refractivity contribution >= 4 is 40.1 Å². The fourth-order valence-corrected chi connectivity index (χ4v) is 2.13. The smallest absolute Gasteiger partial charge is 0.326 e. The van der Waals surface area contributed by atoms with Gasteiger partial charge in [0.15, 0.2) is 5.13 Å². The minimum absolute atomic E-state index is 0.155. The lowest BCUT2D eigenvalue weighted by Crippen LogP contribution is -2.41. The van der Waals surface area contributed by atoms with E-state index in [2.05, 4.69) is 10.3 Å². The molecule has 1 aromatic rings. The molecule has 0 aliphatic rings. The van der Waals surface area contributed by atoms with Crippen LogP contribution in [0, 0.1) is 0 Å². The van der Waals surface area contributed by atoms with E-state index in [9.17, 15) is 9.59 Å². The Balaban J connectivity index is 2.60. The van der Waals surface area contributed by atoms with Crippen molar-refractivity contribution in [3.63, 3.8) is 0 Å². The molecule has 0 saturated carbocycles. The van der Waals surface area contributed by atoms with Gasteiger partial charge < -0.3 is 16.2 Å². The molecule has 6 nitrogen and oxygen atoms in total.